The van der Waals surface area contributed by atoms with Gasteiger partial charge in [-0.15, -0.1) is 0 Å². The smallest absolute Gasteiger partial charge is 0.317 e. The lowest BCUT2D eigenvalue weighted by Gasteiger charge is -2.27. The number of likely N-dealkylation sites (tertiary alicyclic amines) is 1. The Morgan fingerprint density at radius 3 is 2.67 bits per heavy atom. The first kappa shape index (κ1) is 18.3. The van der Waals surface area contributed by atoms with Gasteiger partial charge in [0.2, 0.25) is 5.91 Å². The molecular formula is C19H29N3O2. The van der Waals surface area contributed by atoms with E-state index in [0.717, 1.165) is 6.42 Å². The zero-order chi connectivity index (χ0) is 17.9. The minimum absolute atomic E-state index is 0.0736. The van der Waals surface area contributed by atoms with Crippen molar-refractivity contribution < 1.29 is 9.59 Å². The molecule has 1 aromatic carbocycles. The molecule has 1 aromatic rings. The summed E-state index contributed by atoms with van der Waals surface area (Å²) in [5.74, 6) is 0.0286. The van der Waals surface area contributed by atoms with E-state index in [1.165, 1.54) is 11.1 Å². The molecule has 0 spiro atoms. The van der Waals surface area contributed by atoms with E-state index in [1.807, 2.05) is 6.07 Å². The van der Waals surface area contributed by atoms with Gasteiger partial charge < -0.3 is 15.1 Å². The van der Waals surface area contributed by atoms with Crippen molar-refractivity contribution in [1.29, 1.82) is 0 Å². The minimum atomic E-state index is -0.139. The number of urea groups is 1. The lowest BCUT2D eigenvalue weighted by molar-refractivity contribution is -0.132. The first-order valence-corrected chi connectivity index (χ1v) is 8.52. The molecule has 1 atom stereocenters. The molecule has 1 aliphatic heterocycles. The maximum Gasteiger partial charge on any atom is 0.317 e. The summed E-state index contributed by atoms with van der Waals surface area (Å²) in [4.78, 5) is 27.8. The van der Waals surface area contributed by atoms with Gasteiger partial charge in [0.1, 0.15) is 0 Å². The van der Waals surface area contributed by atoms with Crippen LogP contribution in [0.4, 0.5) is 4.79 Å². The van der Waals surface area contributed by atoms with E-state index in [2.05, 4.69) is 44.3 Å². The number of carbonyl (C=O) groups excluding carboxylic acids is 2. The predicted octanol–water partition coefficient (Wildman–Crippen LogP) is 2.39. The predicted molar refractivity (Wildman–Crippen MR) is 96.0 cm³/mol. The van der Waals surface area contributed by atoms with E-state index in [4.69, 9.17) is 0 Å². The molecule has 5 nitrogen and oxygen atoms in total. The van der Waals surface area contributed by atoms with Gasteiger partial charge in [-0.05, 0) is 18.9 Å². The van der Waals surface area contributed by atoms with Crippen molar-refractivity contribution in [2.24, 2.45) is 5.92 Å². The summed E-state index contributed by atoms with van der Waals surface area (Å²) in [5, 5.41) is 3.03. The molecule has 24 heavy (non-hydrogen) atoms. The fourth-order valence-electron chi connectivity index (χ4n) is 3.09. The Labute approximate surface area is 145 Å². The van der Waals surface area contributed by atoms with Gasteiger partial charge in [0.25, 0.3) is 0 Å². The van der Waals surface area contributed by atoms with Crippen LogP contribution in [0.3, 0.4) is 0 Å². The molecular weight excluding hydrogens is 302 g/mol. The van der Waals surface area contributed by atoms with Crippen molar-refractivity contribution in [1.82, 2.24) is 15.1 Å². The van der Waals surface area contributed by atoms with Crippen LogP contribution in [0.5, 0.6) is 0 Å². The Morgan fingerprint density at radius 1 is 1.33 bits per heavy atom. The maximum atomic E-state index is 12.4. The molecule has 0 bridgehead atoms. The van der Waals surface area contributed by atoms with Crippen LogP contribution < -0.4 is 5.32 Å². The topological polar surface area (TPSA) is 52.7 Å². The first-order valence-electron chi connectivity index (χ1n) is 8.52. The highest BCUT2D eigenvalue weighted by atomic mass is 16.2. The summed E-state index contributed by atoms with van der Waals surface area (Å²) in [6.45, 7) is 8.05. The Morgan fingerprint density at radius 2 is 2.04 bits per heavy atom. The lowest BCUT2D eigenvalue weighted by Crippen LogP contribution is -2.44. The number of carbonyl (C=O) groups is 2. The molecule has 3 amide bonds. The van der Waals surface area contributed by atoms with Gasteiger partial charge in [0, 0.05) is 39.1 Å². The largest absolute Gasteiger partial charge is 0.349 e. The maximum absolute atomic E-state index is 12.4. The number of nitrogens with one attached hydrogen (secondary N) is 1. The molecule has 2 rings (SSSR count). The highest BCUT2D eigenvalue weighted by molar-refractivity contribution is 5.81. The highest BCUT2D eigenvalue weighted by Gasteiger charge is 2.32. The fourth-order valence-corrected chi connectivity index (χ4v) is 3.09. The Balaban J connectivity index is 1.90. The van der Waals surface area contributed by atoms with E-state index in [0.29, 0.717) is 19.6 Å². The van der Waals surface area contributed by atoms with Crippen LogP contribution in [-0.4, -0.2) is 55.5 Å². The standard InChI is InChI=1S/C19H29N3O2/c1-14-7-6-8-16(11-14)19(2,3)13-20-18(24)22-10-9-15(12-22)17(23)21(4)5/h6-8,11,15H,9-10,12-13H2,1-5H3,(H,20,24). The Kier molecular flexibility index (Phi) is 5.52. The molecule has 132 valence electrons. The number of hydrogen-bond acceptors (Lipinski definition) is 2. The van der Waals surface area contributed by atoms with Gasteiger partial charge in [-0.2, -0.15) is 0 Å². The number of rotatable bonds is 4. The molecule has 0 aliphatic carbocycles. The van der Waals surface area contributed by atoms with Crippen molar-refractivity contribution >= 4 is 11.9 Å². The molecule has 1 unspecified atom stereocenters. The lowest BCUT2D eigenvalue weighted by atomic mass is 9.84. The molecule has 1 fully saturated rings. The summed E-state index contributed by atoms with van der Waals surface area (Å²) < 4.78 is 0. The van der Waals surface area contributed by atoms with Crippen LogP contribution >= 0.6 is 0 Å². The normalized spacial score (nSPS) is 17.7. The zero-order valence-corrected chi connectivity index (χ0v) is 15.4. The molecule has 0 aromatic heterocycles. The van der Waals surface area contributed by atoms with Crippen LogP contribution in [0.1, 0.15) is 31.4 Å². The summed E-state index contributed by atoms with van der Waals surface area (Å²) in [7, 11) is 3.52. The van der Waals surface area contributed by atoms with E-state index < -0.39 is 0 Å². The van der Waals surface area contributed by atoms with Gasteiger partial charge in [-0.25, -0.2) is 4.79 Å². The number of hydrogen-bond donors (Lipinski definition) is 1. The number of amides is 3. The van der Waals surface area contributed by atoms with Gasteiger partial charge in [-0.1, -0.05) is 43.7 Å². The van der Waals surface area contributed by atoms with Gasteiger partial charge in [0.05, 0.1) is 5.92 Å². The molecule has 1 N–H and O–H groups in total. The van der Waals surface area contributed by atoms with Gasteiger partial charge in [-0.3, -0.25) is 4.79 Å². The summed E-state index contributed by atoms with van der Waals surface area (Å²) in [6.07, 6.45) is 0.742. The second-order valence-corrected chi connectivity index (χ2v) is 7.58. The van der Waals surface area contributed by atoms with E-state index in [-0.39, 0.29) is 23.3 Å². The van der Waals surface area contributed by atoms with Gasteiger partial charge >= 0.3 is 6.03 Å². The van der Waals surface area contributed by atoms with Crippen molar-refractivity contribution in [3.63, 3.8) is 0 Å². The molecule has 0 saturated carbocycles. The first-order chi connectivity index (χ1) is 11.2. The molecule has 0 radical (unpaired) electrons. The summed E-state index contributed by atoms with van der Waals surface area (Å²) in [6, 6.07) is 8.30. The average molecular weight is 331 g/mol. The number of benzene rings is 1. The number of nitrogens with zero attached hydrogens (tertiary/aromatic N) is 2. The Bertz CT molecular complexity index is 610. The third kappa shape index (κ3) is 4.28. The number of aryl methyl sites for hydroxylation is 1. The zero-order valence-electron chi connectivity index (χ0n) is 15.4. The van der Waals surface area contributed by atoms with Crippen molar-refractivity contribution in [3.8, 4) is 0 Å². The minimum Gasteiger partial charge on any atom is -0.349 e. The highest BCUT2D eigenvalue weighted by Crippen LogP contribution is 2.23. The van der Waals surface area contributed by atoms with Crippen LogP contribution in [0.25, 0.3) is 0 Å². The summed E-state index contributed by atoms with van der Waals surface area (Å²) in [5.41, 5.74) is 2.29. The van der Waals surface area contributed by atoms with E-state index >= 15 is 0 Å². The SMILES string of the molecule is Cc1cccc(C(C)(C)CNC(=O)N2CCC(C(=O)N(C)C)C2)c1. The van der Waals surface area contributed by atoms with Crippen molar-refractivity contribution in [3.05, 3.63) is 35.4 Å². The molecule has 1 heterocycles. The molecule has 1 saturated heterocycles. The van der Waals surface area contributed by atoms with Crippen molar-refractivity contribution in [2.45, 2.75) is 32.6 Å². The second kappa shape index (κ2) is 7.24. The van der Waals surface area contributed by atoms with Gasteiger partial charge in [0.15, 0.2) is 0 Å². The van der Waals surface area contributed by atoms with E-state index in [9.17, 15) is 9.59 Å². The monoisotopic (exact) mass is 331 g/mol. The van der Waals surface area contributed by atoms with Crippen molar-refractivity contribution in [2.75, 3.05) is 33.7 Å². The van der Waals surface area contributed by atoms with Crippen LogP contribution in [0, 0.1) is 12.8 Å². The van der Waals surface area contributed by atoms with Crippen LogP contribution in [0.15, 0.2) is 24.3 Å². The molecule has 5 heteroatoms. The van der Waals surface area contributed by atoms with Crippen LogP contribution in [0.2, 0.25) is 0 Å². The average Bonchev–Trinajstić information content (AvgIpc) is 3.01. The molecule has 1 aliphatic rings. The summed E-state index contributed by atoms with van der Waals surface area (Å²) >= 11 is 0. The van der Waals surface area contributed by atoms with Crippen LogP contribution in [-0.2, 0) is 10.2 Å². The Hall–Kier alpha value is -2.04. The third-order valence-corrected chi connectivity index (χ3v) is 4.75. The second-order valence-electron chi connectivity index (χ2n) is 7.58. The quantitative estimate of drug-likeness (QED) is 0.921. The fraction of sp³-hybridized carbons (Fsp3) is 0.579. The van der Waals surface area contributed by atoms with E-state index in [1.54, 1.807) is 23.9 Å². The third-order valence-electron chi connectivity index (χ3n) is 4.75.